The van der Waals surface area contributed by atoms with Crippen LogP contribution in [0.3, 0.4) is 0 Å². The van der Waals surface area contributed by atoms with Gasteiger partial charge in [0.05, 0.1) is 24.0 Å². The number of carboxylic acids is 1. The van der Waals surface area contributed by atoms with Gasteiger partial charge in [-0.2, -0.15) is 5.26 Å². The molecule has 0 unspecified atom stereocenters. The number of esters is 1. The molecule has 0 aliphatic heterocycles. The van der Waals surface area contributed by atoms with Crippen LogP contribution in [0, 0.1) is 11.3 Å². The summed E-state index contributed by atoms with van der Waals surface area (Å²) >= 11 is 0. The Hall–Kier alpha value is -4.19. The molecule has 2 heterocycles. The lowest BCUT2D eigenvalue weighted by molar-refractivity contribution is 0.0591. The van der Waals surface area contributed by atoms with Crippen molar-refractivity contribution in [3.05, 3.63) is 65.4 Å². The molecule has 28 heavy (non-hydrogen) atoms. The van der Waals surface area contributed by atoms with Gasteiger partial charge in [-0.25, -0.2) is 9.59 Å². The topological polar surface area (TPSA) is 141 Å². The third-order valence-electron chi connectivity index (χ3n) is 3.91. The van der Waals surface area contributed by atoms with E-state index in [1.807, 2.05) is 6.07 Å². The molecule has 3 N–H and O–H groups in total. The van der Waals surface area contributed by atoms with Crippen molar-refractivity contribution in [2.75, 3.05) is 12.8 Å². The SMILES string of the molecule is COC(=O)c1c(N)c(C#N)cn1-c1ccccc1OCc1ccc(C(=O)O)o1. The average Bonchev–Trinajstić information content (AvgIpc) is 3.30. The number of carbonyl (C=O) groups excluding carboxylic acids is 1. The Morgan fingerprint density at radius 3 is 2.68 bits per heavy atom. The zero-order valence-corrected chi connectivity index (χ0v) is 14.7. The molecule has 9 nitrogen and oxygen atoms in total. The van der Waals surface area contributed by atoms with Gasteiger partial charge in [0.25, 0.3) is 0 Å². The summed E-state index contributed by atoms with van der Waals surface area (Å²) in [6.45, 7) is -0.0420. The highest BCUT2D eigenvalue weighted by atomic mass is 16.5. The van der Waals surface area contributed by atoms with Crippen molar-refractivity contribution in [2.24, 2.45) is 0 Å². The number of rotatable bonds is 6. The first kappa shape index (κ1) is 18.6. The van der Waals surface area contributed by atoms with Crippen LogP contribution < -0.4 is 10.5 Å². The van der Waals surface area contributed by atoms with Crippen molar-refractivity contribution in [3.8, 4) is 17.5 Å². The molecule has 9 heteroatoms. The van der Waals surface area contributed by atoms with Crippen LogP contribution in [0.25, 0.3) is 5.69 Å². The molecule has 3 aromatic rings. The minimum Gasteiger partial charge on any atom is -0.483 e. The second-order valence-electron chi connectivity index (χ2n) is 5.61. The smallest absolute Gasteiger partial charge is 0.371 e. The highest BCUT2D eigenvalue weighted by Crippen LogP contribution is 2.30. The van der Waals surface area contributed by atoms with Gasteiger partial charge in [-0.1, -0.05) is 12.1 Å². The minimum atomic E-state index is -1.18. The molecule has 0 radical (unpaired) electrons. The van der Waals surface area contributed by atoms with Gasteiger partial charge in [0.1, 0.15) is 24.2 Å². The predicted molar refractivity (Wildman–Crippen MR) is 96.2 cm³/mol. The highest BCUT2D eigenvalue weighted by molar-refractivity contribution is 5.96. The van der Waals surface area contributed by atoms with Gasteiger partial charge in [-0.15, -0.1) is 0 Å². The lowest BCUT2D eigenvalue weighted by Crippen LogP contribution is -2.12. The van der Waals surface area contributed by atoms with Crippen LogP contribution in [0.2, 0.25) is 0 Å². The van der Waals surface area contributed by atoms with Gasteiger partial charge in [-0.05, 0) is 24.3 Å². The molecule has 0 aliphatic carbocycles. The number of ether oxygens (including phenoxy) is 2. The summed E-state index contributed by atoms with van der Waals surface area (Å²) in [6, 6.07) is 11.5. The molecular weight excluding hydrogens is 366 g/mol. The number of nitriles is 1. The van der Waals surface area contributed by atoms with Gasteiger partial charge in [0.2, 0.25) is 5.76 Å². The zero-order chi connectivity index (χ0) is 20.3. The maximum atomic E-state index is 12.2. The number of methoxy groups -OCH3 is 1. The third-order valence-corrected chi connectivity index (χ3v) is 3.91. The number of furan rings is 1. The molecular formula is C19H15N3O6. The van der Waals surface area contributed by atoms with Gasteiger partial charge in [0.15, 0.2) is 5.69 Å². The van der Waals surface area contributed by atoms with Crippen LogP contribution in [0.5, 0.6) is 5.75 Å². The number of aromatic nitrogens is 1. The lowest BCUT2D eigenvalue weighted by Gasteiger charge is -2.13. The van der Waals surface area contributed by atoms with Gasteiger partial charge < -0.3 is 29.3 Å². The van der Waals surface area contributed by atoms with Gasteiger partial charge >= 0.3 is 11.9 Å². The molecule has 0 fully saturated rings. The van der Waals surface area contributed by atoms with Crippen LogP contribution >= 0.6 is 0 Å². The fraction of sp³-hybridized carbons (Fsp3) is 0.105. The summed E-state index contributed by atoms with van der Waals surface area (Å²) in [6.07, 6.45) is 1.42. The van der Waals surface area contributed by atoms with Crippen molar-refractivity contribution in [2.45, 2.75) is 6.61 Å². The van der Waals surface area contributed by atoms with Crippen molar-refractivity contribution in [3.63, 3.8) is 0 Å². The Kier molecular flexibility index (Phi) is 5.04. The molecule has 0 atom stereocenters. The quantitative estimate of drug-likeness (QED) is 0.621. The fourth-order valence-electron chi connectivity index (χ4n) is 2.60. The number of para-hydroxylation sites is 2. The van der Waals surface area contributed by atoms with E-state index in [2.05, 4.69) is 0 Å². The third kappa shape index (κ3) is 3.39. The number of carbonyl (C=O) groups is 2. The number of nitrogen functional groups attached to an aromatic ring is 1. The Morgan fingerprint density at radius 1 is 1.29 bits per heavy atom. The molecule has 0 bridgehead atoms. The van der Waals surface area contributed by atoms with E-state index in [4.69, 9.17) is 24.7 Å². The van der Waals surface area contributed by atoms with Crippen LogP contribution in [-0.2, 0) is 11.3 Å². The number of hydrogen-bond donors (Lipinski definition) is 2. The second kappa shape index (κ2) is 7.59. The van der Waals surface area contributed by atoms with Crippen molar-refractivity contribution >= 4 is 17.6 Å². The molecule has 1 aromatic carbocycles. The van der Waals surface area contributed by atoms with E-state index in [9.17, 15) is 14.9 Å². The summed E-state index contributed by atoms with van der Waals surface area (Å²) in [5.74, 6) is -1.41. The minimum absolute atomic E-state index is 0.00117. The molecule has 3 rings (SSSR count). The molecule has 142 valence electrons. The summed E-state index contributed by atoms with van der Waals surface area (Å²) in [5, 5.41) is 18.2. The second-order valence-corrected chi connectivity index (χ2v) is 5.61. The summed E-state index contributed by atoms with van der Waals surface area (Å²) in [5.41, 5.74) is 6.48. The predicted octanol–water partition coefficient (Wildman–Crippen LogP) is 2.59. The standard InChI is InChI=1S/C19H15N3O6/c1-26-19(25)17-16(21)11(8-20)9-22(17)13-4-2-3-5-14(13)27-10-12-6-7-15(28-12)18(23)24/h2-7,9H,10,21H2,1H3,(H,23,24). The highest BCUT2D eigenvalue weighted by Gasteiger charge is 2.23. The van der Waals surface area contributed by atoms with E-state index in [0.717, 1.165) is 0 Å². The lowest BCUT2D eigenvalue weighted by atomic mass is 10.2. The summed E-state index contributed by atoms with van der Waals surface area (Å²) < 4.78 is 17.1. The van der Waals surface area contributed by atoms with Crippen molar-refractivity contribution in [1.82, 2.24) is 4.57 Å². The maximum absolute atomic E-state index is 12.2. The summed E-state index contributed by atoms with van der Waals surface area (Å²) in [4.78, 5) is 23.1. The molecule has 0 saturated heterocycles. The molecule has 0 saturated carbocycles. The number of anilines is 1. The number of nitrogens with zero attached hydrogens (tertiary/aromatic N) is 2. The Morgan fingerprint density at radius 2 is 2.04 bits per heavy atom. The average molecular weight is 381 g/mol. The van der Waals surface area contributed by atoms with E-state index < -0.39 is 11.9 Å². The Bertz CT molecular complexity index is 1090. The monoisotopic (exact) mass is 381 g/mol. The van der Waals surface area contributed by atoms with E-state index in [1.165, 1.54) is 30.0 Å². The molecule has 0 amide bonds. The first-order valence-electron chi connectivity index (χ1n) is 7.99. The van der Waals surface area contributed by atoms with E-state index in [-0.39, 0.29) is 29.3 Å². The normalized spacial score (nSPS) is 10.3. The van der Waals surface area contributed by atoms with E-state index >= 15 is 0 Å². The van der Waals surface area contributed by atoms with Crippen molar-refractivity contribution in [1.29, 1.82) is 5.26 Å². The van der Waals surface area contributed by atoms with Crippen LogP contribution in [0.4, 0.5) is 5.69 Å². The van der Waals surface area contributed by atoms with Crippen LogP contribution in [0.1, 0.15) is 32.4 Å². The Labute approximate surface area is 159 Å². The fourth-order valence-corrected chi connectivity index (χ4v) is 2.60. The number of carboxylic acid groups (broad SMARTS) is 1. The maximum Gasteiger partial charge on any atom is 0.371 e. The molecule has 0 aliphatic rings. The van der Waals surface area contributed by atoms with E-state index in [0.29, 0.717) is 17.2 Å². The number of nitrogens with two attached hydrogens (primary N) is 1. The first-order valence-corrected chi connectivity index (χ1v) is 7.99. The largest absolute Gasteiger partial charge is 0.483 e. The number of aromatic carboxylic acids is 1. The van der Waals surface area contributed by atoms with Gasteiger partial charge in [-0.3, -0.25) is 0 Å². The number of hydrogen-bond acceptors (Lipinski definition) is 7. The zero-order valence-electron chi connectivity index (χ0n) is 14.7. The molecule has 0 spiro atoms. The molecule has 2 aromatic heterocycles. The van der Waals surface area contributed by atoms with Crippen LogP contribution in [-0.4, -0.2) is 28.7 Å². The van der Waals surface area contributed by atoms with E-state index in [1.54, 1.807) is 24.3 Å². The number of benzene rings is 1. The Balaban J connectivity index is 1.97. The van der Waals surface area contributed by atoms with Crippen LogP contribution in [0.15, 0.2) is 47.0 Å². The first-order chi connectivity index (χ1) is 13.5. The summed E-state index contributed by atoms with van der Waals surface area (Å²) in [7, 11) is 1.21. The van der Waals surface area contributed by atoms with Gasteiger partial charge in [0, 0.05) is 6.20 Å². The van der Waals surface area contributed by atoms with Crippen molar-refractivity contribution < 1.29 is 28.6 Å².